The smallest absolute Gasteiger partial charge is 0.334 e. The maximum atomic E-state index is 12.8. The molecule has 0 aromatic heterocycles. The van der Waals surface area contributed by atoms with Gasteiger partial charge in [-0.25, -0.2) is 4.79 Å². The fourth-order valence-electron chi connectivity index (χ4n) is 3.44. The molecule has 0 aliphatic carbocycles. The molecule has 0 bridgehead atoms. The van der Waals surface area contributed by atoms with Crippen molar-refractivity contribution in [1.29, 1.82) is 0 Å². The molecule has 0 unspecified atom stereocenters. The number of nitrogens with one attached hydrogen (secondary N) is 1. The minimum absolute atomic E-state index is 0.265. The van der Waals surface area contributed by atoms with Gasteiger partial charge in [-0.2, -0.15) is 0 Å². The van der Waals surface area contributed by atoms with Crippen LogP contribution in [0.15, 0.2) is 30.3 Å². The summed E-state index contributed by atoms with van der Waals surface area (Å²) in [6.45, 7) is 2.57. The summed E-state index contributed by atoms with van der Waals surface area (Å²) in [5, 5.41) is 42.8. The number of aliphatic hydroxyl groups excluding tert-OH is 4. The van der Waals surface area contributed by atoms with E-state index in [0.29, 0.717) is 0 Å². The van der Waals surface area contributed by atoms with Crippen molar-refractivity contribution in [3.63, 3.8) is 0 Å². The van der Waals surface area contributed by atoms with Gasteiger partial charge in [0.2, 0.25) is 0 Å². The van der Waals surface area contributed by atoms with E-state index in [-0.39, 0.29) is 5.56 Å². The number of hydrogen-bond donors (Lipinski definition) is 5. The molecule has 1 saturated heterocycles. The lowest BCUT2D eigenvalue weighted by Gasteiger charge is -2.49. The van der Waals surface area contributed by atoms with Crippen molar-refractivity contribution in [3.05, 3.63) is 35.9 Å². The Hall–Kier alpha value is -2.04. The van der Waals surface area contributed by atoms with Crippen molar-refractivity contribution in [2.75, 3.05) is 13.7 Å². The number of ether oxygens (including phenoxy) is 2. The van der Waals surface area contributed by atoms with E-state index in [1.807, 2.05) is 0 Å². The van der Waals surface area contributed by atoms with E-state index in [9.17, 15) is 30.0 Å². The van der Waals surface area contributed by atoms with Crippen LogP contribution in [0.2, 0.25) is 0 Å². The van der Waals surface area contributed by atoms with Crippen LogP contribution in [0, 0.1) is 5.92 Å². The lowest BCUT2D eigenvalue weighted by atomic mass is 9.75. The minimum Gasteiger partial charge on any atom is -0.467 e. The summed E-state index contributed by atoms with van der Waals surface area (Å²) in [6, 6.07) is 8.12. The van der Waals surface area contributed by atoms with Crippen LogP contribution in [-0.4, -0.2) is 82.1 Å². The average molecular weight is 397 g/mol. The van der Waals surface area contributed by atoms with Crippen LogP contribution in [0.3, 0.4) is 0 Å². The zero-order chi connectivity index (χ0) is 21.1. The van der Waals surface area contributed by atoms with E-state index in [2.05, 4.69) is 5.32 Å². The molecule has 0 radical (unpaired) electrons. The van der Waals surface area contributed by atoms with Gasteiger partial charge in [-0.15, -0.1) is 0 Å². The third-order valence-corrected chi connectivity index (χ3v) is 5.13. The summed E-state index contributed by atoms with van der Waals surface area (Å²) in [6.07, 6.45) is -7.74. The highest BCUT2D eigenvalue weighted by atomic mass is 16.6. The fourth-order valence-corrected chi connectivity index (χ4v) is 3.44. The first-order chi connectivity index (χ1) is 13.2. The second-order valence-corrected chi connectivity index (χ2v) is 7.08. The Labute approximate surface area is 162 Å². The highest BCUT2D eigenvalue weighted by molar-refractivity contribution is 5.98. The van der Waals surface area contributed by atoms with E-state index in [1.54, 1.807) is 44.2 Å². The van der Waals surface area contributed by atoms with E-state index >= 15 is 0 Å². The van der Waals surface area contributed by atoms with Crippen LogP contribution in [0.25, 0.3) is 0 Å². The van der Waals surface area contributed by atoms with E-state index in [4.69, 9.17) is 9.47 Å². The van der Waals surface area contributed by atoms with Crippen LogP contribution in [0.1, 0.15) is 24.2 Å². The van der Waals surface area contributed by atoms with E-state index < -0.39 is 60.5 Å². The number of hydrogen-bond acceptors (Lipinski definition) is 8. The molecule has 1 heterocycles. The van der Waals surface area contributed by atoms with Gasteiger partial charge in [0.1, 0.15) is 30.5 Å². The Bertz CT molecular complexity index is 680. The van der Waals surface area contributed by atoms with Gasteiger partial charge < -0.3 is 35.2 Å². The molecule has 28 heavy (non-hydrogen) atoms. The predicted octanol–water partition coefficient (Wildman–Crippen LogP) is -1.17. The van der Waals surface area contributed by atoms with Crippen molar-refractivity contribution in [2.24, 2.45) is 5.92 Å². The Kier molecular flexibility index (Phi) is 7.13. The largest absolute Gasteiger partial charge is 0.467 e. The van der Waals surface area contributed by atoms with Crippen LogP contribution >= 0.6 is 0 Å². The number of rotatable bonds is 6. The highest BCUT2D eigenvalue weighted by Crippen LogP contribution is 2.34. The fraction of sp³-hybridized carbons (Fsp3) is 0.579. The number of carbonyl (C=O) groups excluding carboxylic acids is 2. The molecule has 9 heteroatoms. The molecule has 156 valence electrons. The van der Waals surface area contributed by atoms with Gasteiger partial charge in [-0.1, -0.05) is 32.0 Å². The first-order valence-corrected chi connectivity index (χ1v) is 8.97. The first kappa shape index (κ1) is 22.3. The van der Waals surface area contributed by atoms with Crippen molar-refractivity contribution in [2.45, 2.75) is 49.9 Å². The van der Waals surface area contributed by atoms with Gasteiger partial charge in [0.15, 0.2) is 5.54 Å². The van der Waals surface area contributed by atoms with E-state index in [1.165, 1.54) is 0 Å². The van der Waals surface area contributed by atoms with Gasteiger partial charge in [0.05, 0.1) is 13.7 Å². The molecule has 0 spiro atoms. The summed E-state index contributed by atoms with van der Waals surface area (Å²) in [4.78, 5) is 25.6. The average Bonchev–Trinajstić information content (AvgIpc) is 2.70. The molecular weight excluding hydrogens is 370 g/mol. The molecule has 0 saturated carbocycles. The lowest BCUT2D eigenvalue weighted by molar-refractivity contribution is -0.251. The first-order valence-electron chi connectivity index (χ1n) is 8.97. The van der Waals surface area contributed by atoms with Crippen LogP contribution in [0.5, 0.6) is 0 Å². The maximum Gasteiger partial charge on any atom is 0.334 e. The summed E-state index contributed by atoms with van der Waals surface area (Å²) >= 11 is 0. The van der Waals surface area contributed by atoms with Gasteiger partial charge in [0.25, 0.3) is 5.91 Å². The summed E-state index contributed by atoms with van der Waals surface area (Å²) < 4.78 is 10.5. The van der Waals surface area contributed by atoms with Crippen molar-refractivity contribution in [3.8, 4) is 0 Å². The number of aliphatic hydroxyl groups is 4. The minimum atomic E-state index is -1.89. The highest BCUT2D eigenvalue weighted by Gasteiger charge is 2.59. The standard InChI is InChI=1S/C19H27NO8/c1-10(2)19(18(26)27-3,20-17(25)11-7-5-4-6-8-11)16-15(24)14(23)13(22)12(9-21)28-16/h4-8,10,12-16,21-24H,9H2,1-3H3,(H,20,25)/t12-,13-,14+,15+,16+,19+/m1/s1. The summed E-state index contributed by atoms with van der Waals surface area (Å²) in [7, 11) is 1.12. The maximum absolute atomic E-state index is 12.8. The molecule has 9 nitrogen and oxygen atoms in total. The van der Waals surface area contributed by atoms with Crippen molar-refractivity contribution in [1.82, 2.24) is 5.32 Å². The zero-order valence-electron chi connectivity index (χ0n) is 16.0. The second kappa shape index (κ2) is 8.97. The molecule has 5 N–H and O–H groups in total. The van der Waals surface area contributed by atoms with Crippen molar-refractivity contribution >= 4 is 11.9 Å². The molecule has 6 atom stereocenters. The monoisotopic (exact) mass is 397 g/mol. The molecule has 1 fully saturated rings. The zero-order valence-corrected chi connectivity index (χ0v) is 16.0. The SMILES string of the molecule is COC(=O)[C@](NC(=O)c1ccccc1)(C(C)C)[C@H]1O[C@H](CO)[C@@H](O)[C@H](O)[C@@H]1O. The molecule has 1 amide bonds. The van der Waals surface area contributed by atoms with Gasteiger partial charge in [-0.05, 0) is 18.1 Å². The third kappa shape index (κ3) is 3.89. The number of methoxy groups -OCH3 is 1. The molecule has 2 rings (SSSR count). The molecular formula is C19H27NO8. The Morgan fingerprint density at radius 1 is 1.14 bits per heavy atom. The second-order valence-electron chi connectivity index (χ2n) is 7.08. The Morgan fingerprint density at radius 3 is 2.25 bits per heavy atom. The molecule has 1 aliphatic heterocycles. The lowest BCUT2D eigenvalue weighted by Crippen LogP contribution is -2.74. The van der Waals surface area contributed by atoms with Gasteiger partial charge in [-0.3, -0.25) is 4.79 Å². The van der Waals surface area contributed by atoms with Gasteiger partial charge >= 0.3 is 5.97 Å². The number of amides is 1. The molecule has 1 aromatic carbocycles. The number of carbonyl (C=O) groups is 2. The molecule has 1 aromatic rings. The summed E-state index contributed by atoms with van der Waals surface area (Å²) in [5.41, 5.74) is -1.63. The predicted molar refractivity (Wildman–Crippen MR) is 97.3 cm³/mol. The quantitative estimate of drug-likeness (QED) is 0.378. The van der Waals surface area contributed by atoms with Crippen LogP contribution in [-0.2, 0) is 14.3 Å². The normalized spacial score (nSPS) is 29.8. The number of esters is 1. The van der Waals surface area contributed by atoms with Crippen molar-refractivity contribution < 1.29 is 39.5 Å². The van der Waals surface area contributed by atoms with Crippen LogP contribution in [0.4, 0.5) is 0 Å². The van der Waals surface area contributed by atoms with E-state index in [0.717, 1.165) is 7.11 Å². The summed E-state index contributed by atoms with van der Waals surface area (Å²) in [5.74, 6) is -2.15. The van der Waals surface area contributed by atoms with Crippen LogP contribution < -0.4 is 5.32 Å². The molecule has 1 aliphatic rings. The third-order valence-electron chi connectivity index (χ3n) is 5.13. The number of benzene rings is 1. The Morgan fingerprint density at radius 2 is 1.75 bits per heavy atom. The Balaban J connectivity index is 2.51. The van der Waals surface area contributed by atoms with Gasteiger partial charge in [0, 0.05) is 5.56 Å². The topological polar surface area (TPSA) is 146 Å².